The van der Waals surface area contributed by atoms with Gasteiger partial charge in [-0.3, -0.25) is 0 Å². The highest BCUT2D eigenvalue weighted by atomic mass is 28.4. The lowest BCUT2D eigenvalue weighted by Gasteiger charge is -2.24. The third-order valence-corrected chi connectivity index (χ3v) is 6.00. The molecule has 98 valence electrons. The van der Waals surface area contributed by atoms with Crippen LogP contribution >= 0.6 is 0 Å². The zero-order valence-electron chi connectivity index (χ0n) is 11.2. The third-order valence-electron chi connectivity index (χ3n) is 3.27. The van der Waals surface area contributed by atoms with Gasteiger partial charge in [-0.15, -0.1) is 0 Å². The van der Waals surface area contributed by atoms with Crippen LogP contribution in [0.4, 0.5) is 0 Å². The molecular formula is C13H24O3Si. The van der Waals surface area contributed by atoms with Crippen molar-refractivity contribution in [3.63, 3.8) is 0 Å². The van der Waals surface area contributed by atoms with Gasteiger partial charge in [-0.1, -0.05) is 23.8 Å². The first kappa shape index (κ1) is 14.6. The first-order valence-corrected chi connectivity index (χ1v) is 8.19. The fraction of sp³-hybridized carbons (Fsp3) is 0.692. The molecule has 0 aliphatic heterocycles. The van der Waals surface area contributed by atoms with Gasteiger partial charge < -0.3 is 13.3 Å². The molecule has 0 atom stereocenters. The van der Waals surface area contributed by atoms with Gasteiger partial charge >= 0.3 is 8.80 Å². The van der Waals surface area contributed by atoms with Gasteiger partial charge in [0.1, 0.15) is 0 Å². The van der Waals surface area contributed by atoms with Gasteiger partial charge in [0.25, 0.3) is 0 Å². The molecule has 0 amide bonds. The Balaban J connectivity index is 2.52. The van der Waals surface area contributed by atoms with Gasteiger partial charge in [0.15, 0.2) is 0 Å². The fourth-order valence-corrected chi connectivity index (χ4v) is 3.82. The summed E-state index contributed by atoms with van der Waals surface area (Å²) in [5.41, 5.74) is 1.48. The maximum atomic E-state index is 5.43. The summed E-state index contributed by atoms with van der Waals surface area (Å²) in [5, 5.41) is 0. The Labute approximate surface area is 106 Å². The Bertz CT molecular complexity index is 262. The maximum Gasteiger partial charge on any atom is 0.500 e. The van der Waals surface area contributed by atoms with Crippen molar-refractivity contribution < 1.29 is 13.3 Å². The minimum absolute atomic E-state index is 0.857. The van der Waals surface area contributed by atoms with Crippen LogP contribution in [0.15, 0.2) is 23.8 Å². The molecule has 0 N–H and O–H groups in total. The molecule has 0 saturated carbocycles. The molecule has 3 nitrogen and oxygen atoms in total. The van der Waals surface area contributed by atoms with E-state index < -0.39 is 8.80 Å². The predicted octanol–water partition coefficient (Wildman–Crippen LogP) is 3.31. The van der Waals surface area contributed by atoms with Crippen molar-refractivity contribution in [2.45, 2.75) is 38.1 Å². The van der Waals surface area contributed by atoms with E-state index in [-0.39, 0.29) is 0 Å². The molecule has 0 unspecified atom stereocenters. The van der Waals surface area contributed by atoms with Crippen molar-refractivity contribution in [2.75, 3.05) is 21.3 Å². The van der Waals surface area contributed by atoms with Crippen LogP contribution in [0, 0.1) is 0 Å². The number of allylic oxidation sites excluding steroid dienone is 4. The van der Waals surface area contributed by atoms with Crippen LogP contribution < -0.4 is 0 Å². The van der Waals surface area contributed by atoms with Gasteiger partial charge in [0.05, 0.1) is 0 Å². The Morgan fingerprint density at radius 1 is 1.12 bits per heavy atom. The molecule has 0 radical (unpaired) electrons. The van der Waals surface area contributed by atoms with Crippen molar-refractivity contribution in [1.29, 1.82) is 0 Å². The minimum atomic E-state index is -2.40. The van der Waals surface area contributed by atoms with Gasteiger partial charge in [0.2, 0.25) is 0 Å². The largest absolute Gasteiger partial charge is 0.500 e. The van der Waals surface area contributed by atoms with E-state index in [9.17, 15) is 0 Å². The van der Waals surface area contributed by atoms with E-state index in [4.69, 9.17) is 13.3 Å². The molecule has 0 saturated heterocycles. The zero-order valence-corrected chi connectivity index (χ0v) is 12.2. The molecule has 1 rings (SSSR count). The van der Waals surface area contributed by atoms with Crippen molar-refractivity contribution >= 4 is 8.80 Å². The third kappa shape index (κ3) is 4.75. The lowest BCUT2D eigenvalue weighted by atomic mass is 10.0. The molecule has 0 bridgehead atoms. The van der Waals surface area contributed by atoms with Crippen LogP contribution in [0.1, 0.15) is 32.1 Å². The summed E-state index contributed by atoms with van der Waals surface area (Å²) in [5.74, 6) is 0. The molecule has 0 aromatic carbocycles. The Hall–Kier alpha value is -0.423. The second kappa shape index (κ2) is 7.82. The highest BCUT2D eigenvalue weighted by Gasteiger charge is 2.37. The average molecular weight is 256 g/mol. The summed E-state index contributed by atoms with van der Waals surface area (Å²) in [6.07, 6.45) is 12.6. The van der Waals surface area contributed by atoms with Gasteiger partial charge in [-0.25, -0.2) is 0 Å². The SMILES string of the molecule is CO[Si](CC/C1=C/C=C\CCCC1)(OC)OC. The standard InChI is InChI=1S/C13H24O3Si/c1-14-17(15-2,16-3)12-11-13-9-7-5-4-6-8-10-13/h5,7,9H,4,6,8,10-12H2,1-3H3/b7-5-,13-9+. The van der Waals surface area contributed by atoms with Crippen LogP contribution in [0.5, 0.6) is 0 Å². The van der Waals surface area contributed by atoms with Gasteiger partial charge in [0, 0.05) is 27.4 Å². The highest BCUT2D eigenvalue weighted by molar-refractivity contribution is 6.60. The summed E-state index contributed by atoms with van der Waals surface area (Å²) in [6, 6.07) is 0.857. The van der Waals surface area contributed by atoms with Crippen molar-refractivity contribution in [1.82, 2.24) is 0 Å². The predicted molar refractivity (Wildman–Crippen MR) is 71.9 cm³/mol. The van der Waals surface area contributed by atoms with E-state index in [0.29, 0.717) is 0 Å². The molecule has 0 heterocycles. The van der Waals surface area contributed by atoms with E-state index >= 15 is 0 Å². The molecule has 1 aliphatic rings. The first-order valence-electron chi connectivity index (χ1n) is 6.26. The Kier molecular flexibility index (Phi) is 6.73. The number of rotatable bonds is 6. The first-order chi connectivity index (χ1) is 8.26. The summed E-state index contributed by atoms with van der Waals surface area (Å²) >= 11 is 0. The van der Waals surface area contributed by atoms with Crippen LogP contribution in [-0.4, -0.2) is 30.1 Å². The van der Waals surface area contributed by atoms with E-state index in [1.807, 2.05) is 0 Å². The van der Waals surface area contributed by atoms with Gasteiger partial charge in [-0.2, -0.15) is 0 Å². The maximum absolute atomic E-state index is 5.43. The lowest BCUT2D eigenvalue weighted by molar-refractivity contribution is 0.123. The summed E-state index contributed by atoms with van der Waals surface area (Å²) in [6.45, 7) is 0. The molecule has 0 aromatic rings. The van der Waals surface area contributed by atoms with Gasteiger partial charge in [-0.05, 0) is 32.1 Å². The molecule has 0 aromatic heterocycles. The quantitative estimate of drug-likeness (QED) is 0.682. The van der Waals surface area contributed by atoms with Crippen LogP contribution in [0.2, 0.25) is 6.04 Å². The molecule has 17 heavy (non-hydrogen) atoms. The van der Waals surface area contributed by atoms with Crippen LogP contribution in [-0.2, 0) is 13.3 Å². The summed E-state index contributed by atoms with van der Waals surface area (Å²) < 4.78 is 16.3. The second-order valence-electron chi connectivity index (χ2n) is 4.29. The topological polar surface area (TPSA) is 27.7 Å². The normalized spacial score (nSPS) is 22.4. The molecule has 1 aliphatic carbocycles. The van der Waals surface area contributed by atoms with E-state index in [0.717, 1.165) is 12.5 Å². The summed E-state index contributed by atoms with van der Waals surface area (Å²) in [4.78, 5) is 0. The van der Waals surface area contributed by atoms with E-state index in [1.165, 1.54) is 31.3 Å². The average Bonchev–Trinajstić information content (AvgIpc) is 2.33. The molecule has 0 fully saturated rings. The Morgan fingerprint density at radius 3 is 2.47 bits per heavy atom. The van der Waals surface area contributed by atoms with E-state index in [1.54, 1.807) is 21.3 Å². The monoisotopic (exact) mass is 256 g/mol. The van der Waals surface area contributed by atoms with E-state index in [2.05, 4.69) is 18.2 Å². The minimum Gasteiger partial charge on any atom is -0.377 e. The molecule has 4 heteroatoms. The highest BCUT2D eigenvalue weighted by Crippen LogP contribution is 2.23. The number of hydrogen-bond acceptors (Lipinski definition) is 3. The zero-order chi connectivity index (χ0) is 12.6. The van der Waals surface area contributed by atoms with Crippen LogP contribution in [0.3, 0.4) is 0 Å². The van der Waals surface area contributed by atoms with Crippen molar-refractivity contribution in [3.8, 4) is 0 Å². The molecule has 0 spiro atoms. The smallest absolute Gasteiger partial charge is 0.377 e. The number of hydrogen-bond donors (Lipinski definition) is 0. The lowest BCUT2D eigenvalue weighted by Crippen LogP contribution is -2.42. The van der Waals surface area contributed by atoms with Crippen molar-refractivity contribution in [2.24, 2.45) is 0 Å². The Morgan fingerprint density at radius 2 is 1.82 bits per heavy atom. The molecular weight excluding hydrogens is 232 g/mol. The van der Waals surface area contributed by atoms with Crippen LogP contribution in [0.25, 0.3) is 0 Å². The van der Waals surface area contributed by atoms with Crippen molar-refractivity contribution in [3.05, 3.63) is 23.8 Å². The summed E-state index contributed by atoms with van der Waals surface area (Å²) in [7, 11) is 2.62. The second-order valence-corrected chi connectivity index (χ2v) is 7.39. The fourth-order valence-electron chi connectivity index (χ4n) is 2.08.